The molecule has 0 aliphatic heterocycles. The fourth-order valence-corrected chi connectivity index (χ4v) is 2.02. The van der Waals surface area contributed by atoms with E-state index in [1.807, 2.05) is 35.7 Å². The number of nitrogens with one attached hydrogen (secondary N) is 2. The van der Waals surface area contributed by atoms with Crippen molar-refractivity contribution in [3.8, 4) is 0 Å². The minimum absolute atomic E-state index is 0. The van der Waals surface area contributed by atoms with E-state index in [9.17, 15) is 4.79 Å². The Kier molecular flexibility index (Phi) is 8.44. The average Bonchev–Trinajstić information content (AvgIpc) is 2.99. The molecule has 0 amide bonds. The number of nitrogens with zero attached hydrogens (tertiary/aromatic N) is 4. The third-order valence-corrected chi connectivity index (χ3v) is 3.29. The molecule has 0 radical (unpaired) electrons. The molecule has 2 heterocycles. The van der Waals surface area contributed by atoms with Gasteiger partial charge in [-0.25, -0.2) is 4.99 Å². The van der Waals surface area contributed by atoms with E-state index in [1.54, 1.807) is 6.92 Å². The number of hydrogen-bond acceptors (Lipinski definition) is 5. The number of guanidine groups is 1. The smallest absolute Gasteiger partial charge is 0.310 e. The molecule has 24 heavy (non-hydrogen) atoms. The van der Waals surface area contributed by atoms with Crippen molar-refractivity contribution < 1.29 is 9.53 Å². The number of hydrogen-bond donors (Lipinski definition) is 2. The lowest BCUT2D eigenvalue weighted by Gasteiger charge is -2.14. The number of rotatable bonds is 6. The molecule has 0 spiro atoms. The Morgan fingerprint density at radius 3 is 2.88 bits per heavy atom. The molecular weight excluding hydrogens is 423 g/mol. The number of halogens is 1. The molecule has 0 aromatic carbocycles. The minimum Gasteiger partial charge on any atom is -0.469 e. The summed E-state index contributed by atoms with van der Waals surface area (Å²) in [5, 5.41) is 14.5. The van der Waals surface area contributed by atoms with Gasteiger partial charge >= 0.3 is 5.97 Å². The van der Waals surface area contributed by atoms with Gasteiger partial charge in [-0.3, -0.25) is 9.20 Å². The maximum Gasteiger partial charge on any atom is 0.310 e. The molecule has 8 nitrogen and oxygen atoms in total. The van der Waals surface area contributed by atoms with Crippen molar-refractivity contribution >= 4 is 41.6 Å². The Hall–Kier alpha value is -1.91. The molecule has 2 rings (SSSR count). The highest BCUT2D eigenvalue weighted by molar-refractivity contribution is 14.0. The monoisotopic (exact) mass is 446 g/mol. The zero-order valence-corrected chi connectivity index (χ0v) is 16.4. The van der Waals surface area contributed by atoms with Gasteiger partial charge in [-0.15, -0.1) is 34.2 Å². The summed E-state index contributed by atoms with van der Waals surface area (Å²) in [5.74, 6) is 0.865. The first-order chi connectivity index (χ1) is 11.2. The number of aromatic nitrogens is 3. The maximum atomic E-state index is 11.4. The van der Waals surface area contributed by atoms with Crippen molar-refractivity contribution in [3.63, 3.8) is 0 Å². The zero-order valence-electron chi connectivity index (χ0n) is 14.0. The highest BCUT2D eigenvalue weighted by Gasteiger charge is 2.13. The van der Waals surface area contributed by atoms with Crippen LogP contribution in [0.4, 0.5) is 0 Å². The van der Waals surface area contributed by atoms with Gasteiger partial charge in [0.05, 0.1) is 13.0 Å². The summed E-state index contributed by atoms with van der Waals surface area (Å²) in [5.41, 5.74) is 0.787. The van der Waals surface area contributed by atoms with Gasteiger partial charge < -0.3 is 15.4 Å². The summed E-state index contributed by atoms with van der Waals surface area (Å²) in [6.07, 6.45) is 1.90. The topological polar surface area (TPSA) is 92.9 Å². The lowest BCUT2D eigenvalue weighted by atomic mass is 10.2. The van der Waals surface area contributed by atoms with E-state index in [4.69, 9.17) is 4.74 Å². The van der Waals surface area contributed by atoms with Crippen molar-refractivity contribution in [2.75, 3.05) is 20.2 Å². The van der Waals surface area contributed by atoms with E-state index < -0.39 is 0 Å². The Morgan fingerprint density at radius 1 is 1.38 bits per heavy atom. The van der Waals surface area contributed by atoms with Gasteiger partial charge in [-0.05, 0) is 19.1 Å². The number of carbonyl (C=O) groups is 1. The van der Waals surface area contributed by atoms with E-state index >= 15 is 0 Å². The molecule has 2 aromatic heterocycles. The normalized spacial score (nSPS) is 12.4. The predicted octanol–water partition coefficient (Wildman–Crippen LogP) is 1.21. The number of fused-ring (bicyclic) bond motifs is 1. The first kappa shape index (κ1) is 20.1. The Bertz CT molecular complexity index is 687. The standard InChI is InChI=1S/C15H22N6O2.HI/c1-4-16-15(17-9-11(2)14(22)23-3)18-10-13-20-19-12-7-5-6-8-21(12)13;/h5-8,11H,4,9-10H2,1-3H3,(H2,16,17,18);1H. The van der Waals surface area contributed by atoms with Gasteiger partial charge in [0.1, 0.15) is 6.54 Å². The van der Waals surface area contributed by atoms with Crippen LogP contribution in [0.3, 0.4) is 0 Å². The molecule has 9 heteroatoms. The van der Waals surface area contributed by atoms with Crippen molar-refractivity contribution in [2.45, 2.75) is 20.4 Å². The molecule has 1 atom stereocenters. The first-order valence-electron chi connectivity index (χ1n) is 7.54. The molecule has 0 saturated carbocycles. The van der Waals surface area contributed by atoms with Gasteiger partial charge in [0.2, 0.25) is 0 Å². The lowest BCUT2D eigenvalue weighted by molar-refractivity contribution is -0.144. The van der Waals surface area contributed by atoms with Crippen LogP contribution in [0.5, 0.6) is 0 Å². The molecular formula is C15H23IN6O2. The molecule has 0 fully saturated rings. The molecule has 1 unspecified atom stereocenters. The van der Waals surface area contributed by atoms with Gasteiger partial charge in [0.15, 0.2) is 17.4 Å². The van der Waals surface area contributed by atoms with Crippen LogP contribution < -0.4 is 10.6 Å². The van der Waals surface area contributed by atoms with Crippen LogP contribution in [0.25, 0.3) is 5.65 Å². The van der Waals surface area contributed by atoms with E-state index in [-0.39, 0.29) is 35.9 Å². The van der Waals surface area contributed by atoms with Crippen LogP contribution in [0.1, 0.15) is 19.7 Å². The highest BCUT2D eigenvalue weighted by Crippen LogP contribution is 2.03. The largest absolute Gasteiger partial charge is 0.469 e. The second kappa shape index (κ2) is 10.1. The molecule has 0 aliphatic rings. The summed E-state index contributed by atoms with van der Waals surface area (Å²) < 4.78 is 6.60. The quantitative estimate of drug-likeness (QED) is 0.300. The zero-order chi connectivity index (χ0) is 16.7. The summed E-state index contributed by atoms with van der Waals surface area (Å²) in [6.45, 7) is 5.33. The Balaban J connectivity index is 0.00000288. The van der Waals surface area contributed by atoms with Crippen LogP contribution >= 0.6 is 24.0 Å². The van der Waals surface area contributed by atoms with Gasteiger partial charge in [-0.2, -0.15) is 0 Å². The van der Waals surface area contributed by atoms with E-state index in [2.05, 4.69) is 25.8 Å². The minimum atomic E-state index is -0.253. The van der Waals surface area contributed by atoms with Crippen molar-refractivity contribution in [1.29, 1.82) is 0 Å². The van der Waals surface area contributed by atoms with E-state index in [1.165, 1.54) is 7.11 Å². The van der Waals surface area contributed by atoms with Gasteiger partial charge in [-0.1, -0.05) is 13.0 Å². The molecule has 0 saturated heterocycles. The predicted molar refractivity (Wildman–Crippen MR) is 102 cm³/mol. The molecule has 0 bridgehead atoms. The second-order valence-electron chi connectivity index (χ2n) is 5.05. The van der Waals surface area contributed by atoms with Crippen LogP contribution in [0, 0.1) is 5.92 Å². The molecule has 0 aliphatic carbocycles. The summed E-state index contributed by atoms with van der Waals surface area (Å²) in [7, 11) is 1.38. The number of aliphatic imine (C=N–C) groups is 1. The number of methoxy groups -OCH3 is 1. The maximum absolute atomic E-state index is 11.4. The van der Waals surface area contributed by atoms with Crippen molar-refractivity contribution in [2.24, 2.45) is 10.9 Å². The first-order valence-corrected chi connectivity index (χ1v) is 7.54. The van der Waals surface area contributed by atoms with Crippen molar-refractivity contribution in [1.82, 2.24) is 25.2 Å². The number of carbonyl (C=O) groups excluding carboxylic acids is 1. The third kappa shape index (κ3) is 5.32. The fraction of sp³-hybridized carbons (Fsp3) is 0.467. The van der Waals surface area contributed by atoms with Crippen LogP contribution in [0.2, 0.25) is 0 Å². The highest BCUT2D eigenvalue weighted by atomic mass is 127. The fourth-order valence-electron chi connectivity index (χ4n) is 2.02. The van der Waals surface area contributed by atoms with Crippen molar-refractivity contribution in [3.05, 3.63) is 30.2 Å². The molecule has 132 valence electrons. The molecule has 2 N–H and O–H groups in total. The third-order valence-electron chi connectivity index (χ3n) is 3.29. The summed E-state index contributed by atoms with van der Waals surface area (Å²) in [6, 6.07) is 5.73. The van der Waals surface area contributed by atoms with Gasteiger partial charge in [0, 0.05) is 19.3 Å². The second-order valence-corrected chi connectivity index (χ2v) is 5.05. The summed E-state index contributed by atoms with van der Waals surface area (Å²) in [4.78, 5) is 15.9. The van der Waals surface area contributed by atoms with Crippen LogP contribution in [-0.2, 0) is 16.1 Å². The molecule has 2 aromatic rings. The SMILES string of the molecule is CCNC(=NCc1nnc2ccccn12)NCC(C)C(=O)OC.I. The number of esters is 1. The average molecular weight is 446 g/mol. The van der Waals surface area contributed by atoms with E-state index in [0.29, 0.717) is 19.0 Å². The van der Waals surface area contributed by atoms with E-state index in [0.717, 1.165) is 18.0 Å². The van der Waals surface area contributed by atoms with Crippen LogP contribution in [0.15, 0.2) is 29.4 Å². The van der Waals surface area contributed by atoms with Gasteiger partial charge in [0.25, 0.3) is 0 Å². The summed E-state index contributed by atoms with van der Waals surface area (Å²) >= 11 is 0. The lowest BCUT2D eigenvalue weighted by Crippen LogP contribution is -2.40. The Labute approximate surface area is 158 Å². The Morgan fingerprint density at radius 2 is 2.17 bits per heavy atom. The van der Waals surface area contributed by atoms with Crippen LogP contribution in [-0.4, -0.2) is 46.7 Å². The number of pyridine rings is 1. The number of ether oxygens (including phenoxy) is 1.